The molecular formula is C24H29N5O5S. The molecule has 0 aliphatic heterocycles. The number of ether oxygens (including phenoxy) is 1. The molecule has 4 bridgehead atoms. The first kappa shape index (κ1) is 23.8. The van der Waals surface area contributed by atoms with Crippen LogP contribution in [-0.2, 0) is 16.6 Å². The van der Waals surface area contributed by atoms with E-state index in [-0.39, 0.29) is 28.6 Å². The van der Waals surface area contributed by atoms with Crippen LogP contribution in [0.5, 0.6) is 0 Å². The van der Waals surface area contributed by atoms with E-state index in [1.807, 2.05) is 0 Å². The zero-order valence-electron chi connectivity index (χ0n) is 19.8. The number of amides is 1. The van der Waals surface area contributed by atoms with Crippen LogP contribution in [0.4, 0.5) is 5.69 Å². The van der Waals surface area contributed by atoms with Gasteiger partial charge in [-0.1, -0.05) is 0 Å². The number of nitro groups is 1. The monoisotopic (exact) mass is 499 g/mol. The standard InChI is InChI=1S/C24H29N5O5S/c1-14(24-9-15-5-16(10-24)7-17(6-15)11-24)26-21(30)12-34-22(31)18-3-4-20(19(8-18)29(32)33)35-23-27-25-13-28(23)2/h3-4,8,13-17H,5-7,9-12H2,1-2H3,(H,26,30)/t14-,15?,16?,17?,24?/m1/s1. The third kappa shape index (κ3) is 4.78. The summed E-state index contributed by atoms with van der Waals surface area (Å²) in [4.78, 5) is 36.5. The molecule has 4 fully saturated rings. The molecule has 10 nitrogen and oxygen atoms in total. The van der Waals surface area contributed by atoms with Gasteiger partial charge in [0, 0.05) is 19.2 Å². The number of carbonyl (C=O) groups excluding carboxylic acids is 2. The maximum Gasteiger partial charge on any atom is 0.338 e. The van der Waals surface area contributed by atoms with Crippen molar-refractivity contribution in [3.8, 4) is 0 Å². The van der Waals surface area contributed by atoms with E-state index in [1.54, 1.807) is 11.6 Å². The van der Waals surface area contributed by atoms with Gasteiger partial charge in [0.1, 0.15) is 6.33 Å². The van der Waals surface area contributed by atoms with Crippen molar-refractivity contribution < 1.29 is 19.2 Å². The molecule has 1 N–H and O–H groups in total. The molecule has 1 amide bonds. The Hall–Kier alpha value is -2.95. The lowest BCUT2D eigenvalue weighted by Crippen LogP contribution is -2.56. The molecule has 4 saturated carbocycles. The minimum absolute atomic E-state index is 0.0148. The maximum absolute atomic E-state index is 12.6. The fourth-order valence-electron chi connectivity index (χ4n) is 6.70. The normalized spacial score (nSPS) is 27.4. The number of carbonyl (C=O) groups is 2. The Morgan fingerprint density at radius 2 is 1.91 bits per heavy atom. The van der Waals surface area contributed by atoms with Gasteiger partial charge in [-0.25, -0.2) is 4.79 Å². The second kappa shape index (κ2) is 9.25. The van der Waals surface area contributed by atoms with Gasteiger partial charge in [0.25, 0.3) is 11.6 Å². The number of benzene rings is 1. The minimum atomic E-state index is -0.777. The average Bonchev–Trinajstić information content (AvgIpc) is 3.21. The molecule has 4 aliphatic rings. The quantitative estimate of drug-likeness (QED) is 0.330. The van der Waals surface area contributed by atoms with Crippen LogP contribution in [-0.4, -0.2) is 44.2 Å². The predicted octanol–water partition coefficient (Wildman–Crippen LogP) is 3.75. The fraction of sp³-hybridized carbons (Fsp3) is 0.583. The minimum Gasteiger partial charge on any atom is -0.452 e. The van der Waals surface area contributed by atoms with Gasteiger partial charge in [-0.2, -0.15) is 0 Å². The van der Waals surface area contributed by atoms with Gasteiger partial charge >= 0.3 is 5.97 Å². The largest absolute Gasteiger partial charge is 0.452 e. The average molecular weight is 500 g/mol. The molecule has 1 aromatic carbocycles. The summed E-state index contributed by atoms with van der Waals surface area (Å²) in [6.07, 6.45) is 9.00. The summed E-state index contributed by atoms with van der Waals surface area (Å²) in [6, 6.07) is 4.12. The molecule has 0 spiro atoms. The number of hydrogen-bond acceptors (Lipinski definition) is 8. The van der Waals surface area contributed by atoms with Crippen molar-refractivity contribution in [1.82, 2.24) is 20.1 Å². The molecule has 0 radical (unpaired) electrons. The summed E-state index contributed by atoms with van der Waals surface area (Å²) in [5.74, 6) is 1.23. The molecule has 0 saturated heterocycles. The Morgan fingerprint density at radius 1 is 1.26 bits per heavy atom. The van der Waals surface area contributed by atoms with Gasteiger partial charge in [0.05, 0.1) is 15.4 Å². The lowest BCUT2D eigenvalue weighted by Gasteiger charge is -2.59. The smallest absolute Gasteiger partial charge is 0.338 e. The summed E-state index contributed by atoms with van der Waals surface area (Å²) < 4.78 is 6.84. The lowest BCUT2D eigenvalue weighted by molar-refractivity contribution is -0.387. The topological polar surface area (TPSA) is 129 Å². The Balaban J connectivity index is 1.19. The van der Waals surface area contributed by atoms with Crippen LogP contribution < -0.4 is 5.32 Å². The van der Waals surface area contributed by atoms with Crippen molar-refractivity contribution in [3.05, 3.63) is 40.2 Å². The summed E-state index contributed by atoms with van der Waals surface area (Å²) in [7, 11) is 1.73. The summed E-state index contributed by atoms with van der Waals surface area (Å²) in [6.45, 7) is 1.66. The third-order valence-electron chi connectivity index (χ3n) is 7.98. The SMILES string of the molecule is C[C@@H](NC(=O)COC(=O)c1ccc(Sc2nncn2C)c([N+](=O)[O-])c1)C12CC3CC(CC(C3)C1)C2. The molecule has 2 aromatic rings. The van der Waals surface area contributed by atoms with Crippen LogP contribution >= 0.6 is 11.8 Å². The molecule has 6 rings (SSSR count). The number of rotatable bonds is 8. The highest BCUT2D eigenvalue weighted by Crippen LogP contribution is 2.61. The molecule has 1 atom stereocenters. The molecule has 4 aliphatic carbocycles. The van der Waals surface area contributed by atoms with Crippen LogP contribution in [0.25, 0.3) is 0 Å². The second-order valence-electron chi connectivity index (χ2n) is 10.4. The number of aromatic nitrogens is 3. The van der Waals surface area contributed by atoms with Crippen LogP contribution in [0.3, 0.4) is 0 Å². The van der Waals surface area contributed by atoms with Gasteiger partial charge < -0.3 is 14.6 Å². The highest BCUT2D eigenvalue weighted by atomic mass is 32.2. The second-order valence-corrected chi connectivity index (χ2v) is 11.4. The third-order valence-corrected chi connectivity index (χ3v) is 9.10. The predicted molar refractivity (Wildman–Crippen MR) is 127 cm³/mol. The lowest BCUT2D eigenvalue weighted by atomic mass is 9.48. The maximum atomic E-state index is 12.6. The summed E-state index contributed by atoms with van der Waals surface area (Å²) >= 11 is 1.08. The Labute approximate surface area is 207 Å². The van der Waals surface area contributed by atoms with Crippen LogP contribution in [0.1, 0.15) is 55.8 Å². The highest BCUT2D eigenvalue weighted by molar-refractivity contribution is 7.99. The van der Waals surface area contributed by atoms with Crippen molar-refractivity contribution in [2.24, 2.45) is 30.2 Å². The van der Waals surface area contributed by atoms with Crippen molar-refractivity contribution in [1.29, 1.82) is 0 Å². The van der Waals surface area contributed by atoms with Crippen LogP contribution in [0, 0.1) is 33.3 Å². The van der Waals surface area contributed by atoms with E-state index in [1.165, 1.54) is 57.0 Å². The molecule has 0 unspecified atom stereocenters. The number of nitrogens with one attached hydrogen (secondary N) is 1. The summed E-state index contributed by atoms with van der Waals surface area (Å²) in [5, 5.41) is 22.8. The molecule has 186 valence electrons. The highest BCUT2D eigenvalue weighted by Gasteiger charge is 2.53. The fourth-order valence-corrected chi connectivity index (χ4v) is 7.55. The Morgan fingerprint density at radius 3 is 2.49 bits per heavy atom. The van der Waals surface area contributed by atoms with E-state index < -0.39 is 17.5 Å². The molecular weight excluding hydrogens is 470 g/mol. The van der Waals surface area contributed by atoms with E-state index in [0.717, 1.165) is 35.6 Å². The van der Waals surface area contributed by atoms with Crippen molar-refractivity contribution in [2.75, 3.05) is 6.61 Å². The number of nitrogens with zero attached hydrogens (tertiary/aromatic N) is 4. The number of esters is 1. The molecule has 35 heavy (non-hydrogen) atoms. The zero-order chi connectivity index (χ0) is 24.7. The van der Waals surface area contributed by atoms with Crippen molar-refractivity contribution in [2.45, 2.75) is 61.5 Å². The molecule has 1 heterocycles. The van der Waals surface area contributed by atoms with E-state index in [2.05, 4.69) is 22.4 Å². The van der Waals surface area contributed by atoms with E-state index in [4.69, 9.17) is 4.74 Å². The first-order valence-electron chi connectivity index (χ1n) is 12.0. The van der Waals surface area contributed by atoms with Gasteiger partial charge in [-0.3, -0.25) is 14.9 Å². The van der Waals surface area contributed by atoms with E-state index in [9.17, 15) is 19.7 Å². The van der Waals surface area contributed by atoms with Crippen LogP contribution in [0.2, 0.25) is 0 Å². The first-order valence-corrected chi connectivity index (χ1v) is 12.8. The van der Waals surface area contributed by atoms with Crippen molar-refractivity contribution in [3.63, 3.8) is 0 Å². The van der Waals surface area contributed by atoms with Gasteiger partial charge in [-0.05, 0) is 92.5 Å². The summed E-state index contributed by atoms with van der Waals surface area (Å²) in [5.41, 5.74) is -0.0704. The van der Waals surface area contributed by atoms with Crippen molar-refractivity contribution >= 4 is 29.3 Å². The van der Waals surface area contributed by atoms with Crippen LogP contribution in [0.15, 0.2) is 34.6 Å². The number of aryl methyl sites for hydroxylation is 1. The number of hydrogen-bond donors (Lipinski definition) is 1. The van der Waals surface area contributed by atoms with Gasteiger partial charge in [-0.15, -0.1) is 10.2 Å². The van der Waals surface area contributed by atoms with Gasteiger partial charge in [0.2, 0.25) is 0 Å². The Kier molecular flexibility index (Phi) is 6.29. The Bertz CT molecular complexity index is 1130. The van der Waals surface area contributed by atoms with E-state index >= 15 is 0 Å². The molecule has 11 heteroatoms. The number of nitro benzene ring substituents is 1. The first-order chi connectivity index (χ1) is 16.7. The zero-order valence-corrected chi connectivity index (χ0v) is 20.6. The van der Waals surface area contributed by atoms with Gasteiger partial charge in [0.15, 0.2) is 11.8 Å². The van der Waals surface area contributed by atoms with E-state index in [0.29, 0.717) is 10.1 Å². The molecule has 1 aromatic heterocycles.